The van der Waals surface area contributed by atoms with Gasteiger partial charge in [0.1, 0.15) is 5.70 Å². The van der Waals surface area contributed by atoms with E-state index in [2.05, 4.69) is 16.9 Å². The zero-order chi connectivity index (χ0) is 7.98. The molecule has 0 N–H and O–H groups in total. The van der Waals surface area contributed by atoms with Gasteiger partial charge in [-0.3, -0.25) is 4.99 Å². The van der Waals surface area contributed by atoms with E-state index in [1.165, 1.54) is 19.2 Å². The Morgan fingerprint density at radius 3 is 2.70 bits per heavy atom. The number of hydrogen-bond acceptors (Lipinski definition) is 3. The number of nitroso groups, excluding NO2 is 1. The quantitative estimate of drug-likeness (QED) is 0.353. The normalized spacial score (nSPS) is 13.0. The molecule has 0 aliphatic rings. The minimum atomic E-state index is 0.238. The molecular weight excluding hydrogens is 152 g/mol. The van der Waals surface area contributed by atoms with Gasteiger partial charge in [0.05, 0.1) is 5.03 Å². The van der Waals surface area contributed by atoms with Gasteiger partial charge >= 0.3 is 0 Å². The van der Waals surface area contributed by atoms with Crippen LogP contribution in [0.15, 0.2) is 33.2 Å². The van der Waals surface area contributed by atoms with Crippen molar-refractivity contribution in [3.05, 3.63) is 27.9 Å². The number of rotatable bonds is 3. The lowest BCUT2D eigenvalue weighted by Crippen LogP contribution is -1.70. The predicted octanol–water partition coefficient (Wildman–Crippen LogP) is 2.44. The van der Waals surface area contributed by atoms with Gasteiger partial charge in [-0.1, -0.05) is 11.6 Å². The second-order valence-corrected chi connectivity index (χ2v) is 1.93. The van der Waals surface area contributed by atoms with Crippen molar-refractivity contribution >= 4 is 18.3 Å². The van der Waals surface area contributed by atoms with Crippen LogP contribution >= 0.6 is 11.6 Å². The summed E-state index contributed by atoms with van der Waals surface area (Å²) >= 11 is 5.52. The molecule has 0 amide bonds. The van der Waals surface area contributed by atoms with Crippen molar-refractivity contribution < 1.29 is 0 Å². The Hall–Kier alpha value is -0.960. The first kappa shape index (κ1) is 9.04. The summed E-state index contributed by atoms with van der Waals surface area (Å²) in [6, 6.07) is 0. The van der Waals surface area contributed by atoms with Crippen LogP contribution in [0.4, 0.5) is 0 Å². The molecule has 10 heavy (non-hydrogen) atoms. The standard InChI is InChI=1S/C6H7ClN2O/c1-5(9-10)6(7)3-4-8-2/h3-4H,2H2,1H3/b4-3-,6-5-. The molecule has 0 fully saturated rings. The summed E-state index contributed by atoms with van der Waals surface area (Å²) in [5.74, 6) is 0. The molecular formula is C6H7ClN2O. The van der Waals surface area contributed by atoms with Crippen molar-refractivity contribution in [3.8, 4) is 0 Å². The van der Waals surface area contributed by atoms with Crippen molar-refractivity contribution in [2.24, 2.45) is 10.2 Å². The second kappa shape index (κ2) is 4.88. The second-order valence-electron chi connectivity index (χ2n) is 1.52. The zero-order valence-electron chi connectivity index (χ0n) is 5.54. The SMILES string of the molecule is C=N/C=C\C(Cl)=C(/C)N=O. The lowest BCUT2D eigenvalue weighted by Gasteiger charge is -1.86. The van der Waals surface area contributed by atoms with Gasteiger partial charge in [0.15, 0.2) is 0 Å². The Bertz CT molecular complexity index is 196. The minimum absolute atomic E-state index is 0.238. The number of halogens is 1. The van der Waals surface area contributed by atoms with Crippen molar-refractivity contribution in [3.63, 3.8) is 0 Å². The lowest BCUT2D eigenvalue weighted by molar-refractivity contribution is 1.27. The topological polar surface area (TPSA) is 41.8 Å². The van der Waals surface area contributed by atoms with E-state index in [9.17, 15) is 4.91 Å². The van der Waals surface area contributed by atoms with E-state index in [1.54, 1.807) is 0 Å². The van der Waals surface area contributed by atoms with Gasteiger partial charge in [-0.15, -0.1) is 4.91 Å². The van der Waals surface area contributed by atoms with Crippen LogP contribution in [0, 0.1) is 4.91 Å². The smallest absolute Gasteiger partial charge is 0.100 e. The maximum atomic E-state index is 9.84. The number of allylic oxidation sites excluding steroid dienone is 3. The summed E-state index contributed by atoms with van der Waals surface area (Å²) in [6.07, 6.45) is 2.84. The third kappa shape index (κ3) is 3.14. The molecule has 0 aromatic heterocycles. The highest BCUT2D eigenvalue weighted by Crippen LogP contribution is 2.10. The molecule has 3 nitrogen and oxygen atoms in total. The Balaban J connectivity index is 4.31. The number of hydrogen-bond donors (Lipinski definition) is 0. The number of nitrogens with zero attached hydrogens (tertiary/aromatic N) is 2. The first-order valence-electron chi connectivity index (χ1n) is 2.54. The fraction of sp³-hybridized carbons (Fsp3) is 0.167. The molecule has 54 valence electrons. The first-order chi connectivity index (χ1) is 4.72. The molecule has 0 unspecified atom stereocenters. The predicted molar refractivity (Wildman–Crippen MR) is 43.0 cm³/mol. The maximum absolute atomic E-state index is 9.84. The van der Waals surface area contributed by atoms with E-state index in [4.69, 9.17) is 11.6 Å². The fourth-order valence-electron chi connectivity index (χ4n) is 0.282. The van der Waals surface area contributed by atoms with E-state index >= 15 is 0 Å². The van der Waals surface area contributed by atoms with Crippen LogP contribution in [0.25, 0.3) is 0 Å². The highest BCUT2D eigenvalue weighted by molar-refractivity contribution is 6.31. The molecule has 0 spiro atoms. The molecule has 0 rings (SSSR count). The van der Waals surface area contributed by atoms with Crippen LogP contribution in [0.5, 0.6) is 0 Å². The molecule has 4 heteroatoms. The summed E-state index contributed by atoms with van der Waals surface area (Å²) in [5.41, 5.74) is 0.238. The van der Waals surface area contributed by atoms with E-state index < -0.39 is 0 Å². The fourth-order valence-corrected chi connectivity index (χ4v) is 0.373. The van der Waals surface area contributed by atoms with Gasteiger partial charge in [0, 0.05) is 6.20 Å². The van der Waals surface area contributed by atoms with Gasteiger partial charge in [0.25, 0.3) is 0 Å². The molecule has 0 aromatic carbocycles. The molecule has 0 radical (unpaired) electrons. The van der Waals surface area contributed by atoms with E-state index in [-0.39, 0.29) is 10.7 Å². The summed E-state index contributed by atoms with van der Waals surface area (Å²) < 4.78 is 0. The molecule has 0 aliphatic heterocycles. The summed E-state index contributed by atoms with van der Waals surface area (Å²) in [6.45, 7) is 4.71. The summed E-state index contributed by atoms with van der Waals surface area (Å²) in [5, 5.41) is 2.91. The molecule has 0 saturated carbocycles. The Morgan fingerprint density at radius 1 is 1.70 bits per heavy atom. The monoisotopic (exact) mass is 158 g/mol. The molecule has 0 atom stereocenters. The van der Waals surface area contributed by atoms with Gasteiger partial charge in [-0.25, -0.2) is 0 Å². The molecule has 0 aromatic rings. The molecule has 0 bridgehead atoms. The average molecular weight is 159 g/mol. The van der Waals surface area contributed by atoms with Crippen molar-refractivity contribution in [2.75, 3.05) is 0 Å². The van der Waals surface area contributed by atoms with Crippen molar-refractivity contribution in [2.45, 2.75) is 6.92 Å². The van der Waals surface area contributed by atoms with E-state index in [0.717, 1.165) is 0 Å². The largest absolute Gasteiger partial charge is 0.272 e. The van der Waals surface area contributed by atoms with Crippen LogP contribution in [0.3, 0.4) is 0 Å². The van der Waals surface area contributed by atoms with Crippen LogP contribution < -0.4 is 0 Å². The summed E-state index contributed by atoms with van der Waals surface area (Å²) in [4.78, 5) is 13.2. The third-order valence-corrected chi connectivity index (χ3v) is 1.21. The first-order valence-corrected chi connectivity index (χ1v) is 2.92. The maximum Gasteiger partial charge on any atom is 0.100 e. The van der Waals surface area contributed by atoms with Gasteiger partial charge in [-0.05, 0) is 24.9 Å². The Morgan fingerprint density at radius 2 is 2.30 bits per heavy atom. The van der Waals surface area contributed by atoms with Gasteiger partial charge < -0.3 is 0 Å². The van der Waals surface area contributed by atoms with Gasteiger partial charge in [0.2, 0.25) is 0 Å². The van der Waals surface area contributed by atoms with Crippen LogP contribution in [0.2, 0.25) is 0 Å². The molecule has 0 aliphatic carbocycles. The lowest BCUT2D eigenvalue weighted by atomic mass is 10.4. The van der Waals surface area contributed by atoms with Crippen molar-refractivity contribution in [1.82, 2.24) is 0 Å². The summed E-state index contributed by atoms with van der Waals surface area (Å²) in [7, 11) is 0. The zero-order valence-corrected chi connectivity index (χ0v) is 6.30. The van der Waals surface area contributed by atoms with E-state index in [1.807, 2.05) is 0 Å². The Labute approximate surface area is 64.1 Å². The highest BCUT2D eigenvalue weighted by Gasteiger charge is 1.92. The van der Waals surface area contributed by atoms with Crippen LogP contribution in [-0.4, -0.2) is 6.72 Å². The highest BCUT2D eigenvalue weighted by atomic mass is 35.5. The van der Waals surface area contributed by atoms with Gasteiger partial charge in [-0.2, -0.15) is 0 Å². The third-order valence-electron chi connectivity index (χ3n) is 0.809. The van der Waals surface area contributed by atoms with Crippen LogP contribution in [0.1, 0.15) is 6.92 Å². The molecule has 0 saturated heterocycles. The minimum Gasteiger partial charge on any atom is -0.272 e. The average Bonchev–Trinajstić information content (AvgIpc) is 1.98. The molecule has 0 heterocycles. The number of aliphatic imine (C=N–C) groups is 1. The Kier molecular flexibility index (Phi) is 4.41. The van der Waals surface area contributed by atoms with Crippen LogP contribution in [-0.2, 0) is 0 Å². The van der Waals surface area contributed by atoms with E-state index in [0.29, 0.717) is 0 Å². The van der Waals surface area contributed by atoms with Crippen molar-refractivity contribution in [1.29, 1.82) is 0 Å².